The van der Waals surface area contributed by atoms with Crippen LogP contribution in [0.4, 0.5) is 0 Å². The highest BCUT2D eigenvalue weighted by Crippen LogP contribution is 2.25. The van der Waals surface area contributed by atoms with Crippen LogP contribution in [-0.2, 0) is 4.79 Å². The average molecular weight is 433 g/mol. The third-order valence-corrected chi connectivity index (χ3v) is 6.76. The molecule has 0 atom stereocenters. The van der Waals surface area contributed by atoms with Crippen LogP contribution >= 0.6 is 11.8 Å². The van der Waals surface area contributed by atoms with Gasteiger partial charge in [0.1, 0.15) is 0 Å². The largest absolute Gasteiger partial charge is 0.342 e. The van der Waals surface area contributed by atoms with Crippen LogP contribution in [0.2, 0.25) is 0 Å². The maximum atomic E-state index is 13.3. The summed E-state index contributed by atoms with van der Waals surface area (Å²) in [7, 11) is 1.88. The molecule has 1 amide bonds. The summed E-state index contributed by atoms with van der Waals surface area (Å²) in [6.07, 6.45) is 5.68. The van der Waals surface area contributed by atoms with E-state index in [-0.39, 0.29) is 17.2 Å². The van der Waals surface area contributed by atoms with E-state index < -0.39 is 0 Å². The molecule has 1 saturated carbocycles. The zero-order chi connectivity index (χ0) is 21.8. The van der Waals surface area contributed by atoms with Crippen LogP contribution in [0.25, 0.3) is 16.6 Å². The van der Waals surface area contributed by atoms with Crippen molar-refractivity contribution in [3.63, 3.8) is 0 Å². The molecule has 2 aromatic carbocycles. The van der Waals surface area contributed by atoms with Gasteiger partial charge in [0.15, 0.2) is 5.16 Å². The fraction of sp³-hybridized carbons (Fsp3) is 0.333. The number of thioether (sulfide) groups is 1. The molecule has 4 rings (SSSR count). The van der Waals surface area contributed by atoms with Gasteiger partial charge in [-0.1, -0.05) is 43.2 Å². The Labute approximate surface area is 185 Å². The van der Waals surface area contributed by atoms with Crippen molar-refractivity contribution in [2.75, 3.05) is 12.8 Å². The molecule has 6 nitrogen and oxygen atoms in total. The number of nitrogens with zero attached hydrogens (tertiary/aromatic N) is 4. The lowest BCUT2D eigenvalue weighted by Gasteiger charge is -2.31. The predicted octanol–water partition coefficient (Wildman–Crippen LogP) is 4.14. The van der Waals surface area contributed by atoms with Gasteiger partial charge in [-0.25, -0.2) is 4.98 Å². The molecule has 1 aromatic heterocycles. The van der Waals surface area contributed by atoms with Gasteiger partial charge in [0.2, 0.25) is 5.91 Å². The van der Waals surface area contributed by atoms with Gasteiger partial charge in [0.05, 0.1) is 34.0 Å². The first-order valence-electron chi connectivity index (χ1n) is 10.5. The van der Waals surface area contributed by atoms with E-state index in [2.05, 4.69) is 11.1 Å². The number of carbonyl (C=O) groups excluding carboxylic acids is 1. The Hall–Kier alpha value is -3.11. The highest BCUT2D eigenvalue weighted by molar-refractivity contribution is 7.99. The molecule has 1 aliphatic carbocycles. The Morgan fingerprint density at radius 2 is 1.87 bits per heavy atom. The lowest BCUT2D eigenvalue weighted by molar-refractivity contribution is -0.129. The Balaban J connectivity index is 1.66. The molecule has 7 heteroatoms. The monoisotopic (exact) mass is 432 g/mol. The fourth-order valence-corrected chi connectivity index (χ4v) is 4.96. The van der Waals surface area contributed by atoms with E-state index in [0.717, 1.165) is 12.8 Å². The van der Waals surface area contributed by atoms with Crippen molar-refractivity contribution >= 4 is 28.6 Å². The van der Waals surface area contributed by atoms with Crippen LogP contribution in [0.5, 0.6) is 0 Å². The number of rotatable bonds is 5. The van der Waals surface area contributed by atoms with E-state index in [1.165, 1.54) is 35.6 Å². The number of fused-ring (bicyclic) bond motifs is 1. The summed E-state index contributed by atoms with van der Waals surface area (Å²) in [6.45, 7) is 0. The summed E-state index contributed by atoms with van der Waals surface area (Å²) in [6, 6.07) is 16.4. The Bertz CT molecular complexity index is 1190. The van der Waals surface area contributed by atoms with Gasteiger partial charge in [-0.3, -0.25) is 14.2 Å². The van der Waals surface area contributed by atoms with Gasteiger partial charge in [0.25, 0.3) is 5.56 Å². The van der Waals surface area contributed by atoms with E-state index in [9.17, 15) is 9.59 Å². The molecule has 0 saturated heterocycles. The van der Waals surface area contributed by atoms with Crippen molar-refractivity contribution in [3.05, 3.63) is 64.4 Å². The molecule has 1 fully saturated rings. The summed E-state index contributed by atoms with van der Waals surface area (Å²) < 4.78 is 1.53. The van der Waals surface area contributed by atoms with Gasteiger partial charge < -0.3 is 4.90 Å². The third-order valence-electron chi connectivity index (χ3n) is 5.84. The topological polar surface area (TPSA) is 79.0 Å². The minimum absolute atomic E-state index is 0.0469. The van der Waals surface area contributed by atoms with E-state index in [1.54, 1.807) is 36.4 Å². The predicted molar refractivity (Wildman–Crippen MR) is 122 cm³/mol. The molecule has 0 unspecified atom stereocenters. The van der Waals surface area contributed by atoms with Gasteiger partial charge >= 0.3 is 0 Å². The second-order valence-corrected chi connectivity index (χ2v) is 8.74. The second-order valence-electron chi connectivity index (χ2n) is 7.80. The highest BCUT2D eigenvalue weighted by atomic mass is 32.2. The van der Waals surface area contributed by atoms with E-state index >= 15 is 0 Å². The van der Waals surface area contributed by atoms with Crippen LogP contribution in [0.3, 0.4) is 0 Å². The van der Waals surface area contributed by atoms with E-state index in [1.807, 2.05) is 24.1 Å². The number of hydrogen-bond acceptors (Lipinski definition) is 5. The van der Waals surface area contributed by atoms with Crippen molar-refractivity contribution in [3.8, 4) is 11.8 Å². The molecule has 0 spiro atoms. The normalized spacial score (nSPS) is 14.3. The smallest absolute Gasteiger partial charge is 0.266 e. The zero-order valence-electron chi connectivity index (χ0n) is 17.5. The van der Waals surface area contributed by atoms with Crippen molar-refractivity contribution in [2.24, 2.45) is 0 Å². The minimum Gasteiger partial charge on any atom is -0.342 e. The minimum atomic E-state index is -0.189. The van der Waals surface area contributed by atoms with Gasteiger partial charge in [-0.2, -0.15) is 5.26 Å². The quantitative estimate of drug-likeness (QED) is 0.447. The first-order chi connectivity index (χ1) is 15.1. The molecular weight excluding hydrogens is 408 g/mol. The molecule has 3 aromatic rings. The number of amides is 1. The summed E-state index contributed by atoms with van der Waals surface area (Å²) in [5, 5.41) is 10.1. The molecule has 158 valence electrons. The summed E-state index contributed by atoms with van der Waals surface area (Å²) in [4.78, 5) is 32.7. The number of carbonyl (C=O) groups is 1. The fourth-order valence-electron chi connectivity index (χ4n) is 4.02. The van der Waals surface area contributed by atoms with Gasteiger partial charge in [-0.05, 0) is 49.2 Å². The lowest BCUT2D eigenvalue weighted by atomic mass is 9.94. The van der Waals surface area contributed by atoms with Crippen LogP contribution in [0, 0.1) is 11.3 Å². The van der Waals surface area contributed by atoms with Crippen molar-refractivity contribution in [2.45, 2.75) is 43.3 Å². The lowest BCUT2D eigenvalue weighted by Crippen LogP contribution is -2.39. The van der Waals surface area contributed by atoms with Gasteiger partial charge in [-0.15, -0.1) is 0 Å². The van der Waals surface area contributed by atoms with Crippen molar-refractivity contribution in [1.29, 1.82) is 5.26 Å². The summed E-state index contributed by atoms with van der Waals surface area (Å²) in [5.41, 5.74) is 1.56. The van der Waals surface area contributed by atoms with Crippen LogP contribution in [0.1, 0.15) is 37.7 Å². The highest BCUT2D eigenvalue weighted by Gasteiger charge is 2.23. The van der Waals surface area contributed by atoms with E-state index in [0.29, 0.717) is 33.4 Å². The number of aromatic nitrogens is 2. The summed E-state index contributed by atoms with van der Waals surface area (Å²) >= 11 is 1.28. The second kappa shape index (κ2) is 9.36. The average Bonchev–Trinajstić information content (AvgIpc) is 2.83. The molecule has 0 N–H and O–H groups in total. The first kappa shape index (κ1) is 21.1. The third kappa shape index (κ3) is 4.49. The standard InChI is InChI=1S/C24H24N4O2S/c1-27(18-7-3-2-4-8-18)22(29)16-31-24-26-21-10-6-5-9-20(21)23(30)28(24)19-13-11-17(15-25)12-14-19/h5-6,9-14,18H,2-4,7-8,16H2,1H3. The Morgan fingerprint density at radius 3 is 2.58 bits per heavy atom. The molecule has 0 aliphatic heterocycles. The molecule has 0 bridgehead atoms. The molecule has 0 radical (unpaired) electrons. The number of benzene rings is 2. The zero-order valence-corrected chi connectivity index (χ0v) is 18.3. The van der Waals surface area contributed by atoms with Crippen LogP contribution in [0.15, 0.2) is 58.5 Å². The molecule has 1 heterocycles. The van der Waals surface area contributed by atoms with Crippen LogP contribution in [-0.4, -0.2) is 39.2 Å². The Kier molecular flexibility index (Phi) is 6.38. The van der Waals surface area contributed by atoms with E-state index in [4.69, 9.17) is 5.26 Å². The maximum Gasteiger partial charge on any atom is 0.266 e. The number of hydrogen-bond donors (Lipinski definition) is 0. The van der Waals surface area contributed by atoms with Crippen molar-refractivity contribution in [1.82, 2.24) is 14.5 Å². The SMILES string of the molecule is CN(C(=O)CSc1nc2ccccc2c(=O)n1-c1ccc(C#N)cc1)C1CCCCC1. The van der Waals surface area contributed by atoms with Crippen LogP contribution < -0.4 is 5.56 Å². The van der Waals surface area contributed by atoms with Crippen molar-refractivity contribution < 1.29 is 4.79 Å². The van der Waals surface area contributed by atoms with Gasteiger partial charge in [0, 0.05) is 13.1 Å². The Morgan fingerprint density at radius 1 is 1.16 bits per heavy atom. The molecule has 31 heavy (non-hydrogen) atoms. The first-order valence-corrected chi connectivity index (χ1v) is 11.5. The molecular formula is C24H24N4O2S. The summed E-state index contributed by atoms with van der Waals surface area (Å²) in [5.74, 6) is 0.263. The number of para-hydroxylation sites is 1. The molecule has 1 aliphatic rings. The maximum absolute atomic E-state index is 13.3. The number of nitriles is 1.